The van der Waals surface area contributed by atoms with Gasteiger partial charge in [0.2, 0.25) is 0 Å². The summed E-state index contributed by atoms with van der Waals surface area (Å²) in [4.78, 5) is 0. The van der Waals surface area contributed by atoms with E-state index in [0.717, 1.165) is 11.1 Å². The maximum atomic E-state index is 13.9. The summed E-state index contributed by atoms with van der Waals surface area (Å²) >= 11 is 0. The van der Waals surface area contributed by atoms with Crippen LogP contribution in [0.4, 0.5) is 4.39 Å². The number of halogens is 1. The second-order valence-electron chi connectivity index (χ2n) is 6.18. The third-order valence-electron chi connectivity index (χ3n) is 4.18. The van der Waals surface area contributed by atoms with Crippen LogP contribution in [-0.4, -0.2) is 6.04 Å². The van der Waals surface area contributed by atoms with Crippen molar-refractivity contribution in [2.24, 2.45) is 0 Å². The Morgan fingerprint density at radius 3 is 2.52 bits per heavy atom. The molecule has 1 aliphatic carbocycles. The second-order valence-corrected chi connectivity index (χ2v) is 6.18. The first-order valence-corrected chi connectivity index (χ1v) is 7.77. The van der Waals surface area contributed by atoms with E-state index in [0.29, 0.717) is 12.6 Å². The molecule has 0 aromatic heterocycles. The van der Waals surface area contributed by atoms with Crippen molar-refractivity contribution in [3.05, 3.63) is 58.9 Å². The number of benzene rings is 2. The lowest BCUT2D eigenvalue weighted by molar-refractivity contribution is 0.553. The van der Waals surface area contributed by atoms with Crippen molar-refractivity contribution in [2.45, 2.75) is 45.7 Å². The first-order chi connectivity index (χ1) is 10.1. The fourth-order valence-corrected chi connectivity index (χ4v) is 2.96. The zero-order chi connectivity index (χ0) is 14.8. The number of aryl methyl sites for hydroxylation is 2. The molecule has 110 valence electrons. The van der Waals surface area contributed by atoms with Gasteiger partial charge in [-0.1, -0.05) is 38.1 Å². The van der Waals surface area contributed by atoms with Crippen molar-refractivity contribution in [3.8, 4) is 11.1 Å². The molecule has 0 unspecified atom stereocenters. The summed E-state index contributed by atoms with van der Waals surface area (Å²) in [6.45, 7) is 4.72. The van der Waals surface area contributed by atoms with Crippen molar-refractivity contribution >= 4 is 0 Å². The Bertz CT molecular complexity index is 646. The topological polar surface area (TPSA) is 12.0 Å². The summed E-state index contributed by atoms with van der Waals surface area (Å²) in [6.07, 6.45) is 3.63. The Hall–Kier alpha value is -1.67. The highest BCUT2D eigenvalue weighted by molar-refractivity contribution is 5.66. The molecule has 0 saturated heterocycles. The molecule has 1 aliphatic rings. The minimum Gasteiger partial charge on any atom is -0.310 e. The van der Waals surface area contributed by atoms with Crippen LogP contribution in [0, 0.1) is 5.82 Å². The molecule has 0 fully saturated rings. The van der Waals surface area contributed by atoms with E-state index < -0.39 is 0 Å². The number of rotatable bonds is 4. The monoisotopic (exact) mass is 283 g/mol. The fourth-order valence-electron chi connectivity index (χ4n) is 2.96. The van der Waals surface area contributed by atoms with Crippen LogP contribution < -0.4 is 5.32 Å². The molecule has 0 bridgehead atoms. The summed E-state index contributed by atoms with van der Waals surface area (Å²) in [5.41, 5.74) is 5.97. The van der Waals surface area contributed by atoms with E-state index in [1.807, 2.05) is 12.1 Å². The molecule has 0 saturated carbocycles. The van der Waals surface area contributed by atoms with Gasteiger partial charge in [-0.25, -0.2) is 4.39 Å². The highest BCUT2D eigenvalue weighted by Gasteiger charge is 2.12. The molecule has 1 N–H and O–H groups in total. The maximum Gasteiger partial charge on any atom is 0.127 e. The van der Waals surface area contributed by atoms with E-state index in [4.69, 9.17) is 0 Å². The largest absolute Gasteiger partial charge is 0.310 e. The summed E-state index contributed by atoms with van der Waals surface area (Å²) in [7, 11) is 0. The first-order valence-electron chi connectivity index (χ1n) is 7.77. The molecular weight excluding hydrogens is 261 g/mol. The molecule has 2 aromatic rings. The third kappa shape index (κ3) is 3.16. The van der Waals surface area contributed by atoms with Crippen LogP contribution in [0.15, 0.2) is 36.4 Å². The number of fused-ring (bicyclic) bond motifs is 1. The van der Waals surface area contributed by atoms with Gasteiger partial charge in [-0.3, -0.25) is 0 Å². The molecule has 2 heteroatoms. The molecule has 0 radical (unpaired) electrons. The summed E-state index contributed by atoms with van der Waals surface area (Å²) in [6, 6.07) is 12.5. The Morgan fingerprint density at radius 1 is 1.00 bits per heavy atom. The molecule has 0 aliphatic heterocycles. The Balaban J connectivity index is 1.90. The van der Waals surface area contributed by atoms with E-state index in [1.54, 1.807) is 6.07 Å². The Labute approximate surface area is 126 Å². The molecule has 1 nitrogen and oxygen atoms in total. The zero-order valence-electron chi connectivity index (χ0n) is 12.7. The van der Waals surface area contributed by atoms with Gasteiger partial charge in [-0.05, 0) is 53.6 Å². The smallest absolute Gasteiger partial charge is 0.127 e. The average Bonchev–Trinajstić information content (AvgIpc) is 2.93. The molecular formula is C19H22FN. The highest BCUT2D eigenvalue weighted by Crippen LogP contribution is 2.29. The lowest BCUT2D eigenvalue weighted by Crippen LogP contribution is -2.22. The molecule has 0 atom stereocenters. The minimum atomic E-state index is -0.131. The molecule has 0 amide bonds. The third-order valence-corrected chi connectivity index (χ3v) is 4.18. The first kappa shape index (κ1) is 14.3. The Morgan fingerprint density at radius 2 is 1.71 bits per heavy atom. The van der Waals surface area contributed by atoms with Crippen LogP contribution in [0.2, 0.25) is 0 Å². The van der Waals surface area contributed by atoms with E-state index in [-0.39, 0.29) is 5.82 Å². The van der Waals surface area contributed by atoms with Gasteiger partial charge < -0.3 is 5.32 Å². The standard InChI is InChI=1S/C19H22FN/c1-13(2)21-12-18-11-17(8-9-19(18)20)16-7-6-14-4-3-5-15(14)10-16/h6-11,13,21H,3-5,12H2,1-2H3. The summed E-state index contributed by atoms with van der Waals surface area (Å²) in [5, 5.41) is 3.28. The second kappa shape index (κ2) is 5.98. The quantitative estimate of drug-likeness (QED) is 0.872. The van der Waals surface area contributed by atoms with Gasteiger partial charge in [0.1, 0.15) is 5.82 Å². The van der Waals surface area contributed by atoms with E-state index in [1.165, 1.54) is 36.0 Å². The van der Waals surface area contributed by atoms with Crippen LogP contribution >= 0.6 is 0 Å². The molecule has 2 aromatic carbocycles. The number of hydrogen-bond acceptors (Lipinski definition) is 1. The minimum absolute atomic E-state index is 0.131. The predicted octanol–water partition coefficient (Wildman–Crippen LogP) is 4.48. The van der Waals surface area contributed by atoms with Crippen LogP contribution in [0.25, 0.3) is 11.1 Å². The van der Waals surface area contributed by atoms with Crippen molar-refractivity contribution in [3.63, 3.8) is 0 Å². The number of nitrogens with one attached hydrogen (secondary N) is 1. The van der Waals surface area contributed by atoms with Crippen molar-refractivity contribution in [1.82, 2.24) is 5.32 Å². The van der Waals surface area contributed by atoms with Gasteiger partial charge in [0, 0.05) is 18.2 Å². The molecule has 21 heavy (non-hydrogen) atoms. The van der Waals surface area contributed by atoms with Crippen LogP contribution in [-0.2, 0) is 19.4 Å². The van der Waals surface area contributed by atoms with Gasteiger partial charge >= 0.3 is 0 Å². The Kier molecular flexibility index (Phi) is 4.07. The summed E-state index contributed by atoms with van der Waals surface area (Å²) < 4.78 is 13.9. The average molecular weight is 283 g/mol. The lowest BCUT2D eigenvalue weighted by Gasteiger charge is -2.11. The van der Waals surface area contributed by atoms with E-state index in [2.05, 4.69) is 37.4 Å². The lowest BCUT2D eigenvalue weighted by atomic mass is 9.99. The predicted molar refractivity (Wildman–Crippen MR) is 85.8 cm³/mol. The van der Waals surface area contributed by atoms with Crippen LogP contribution in [0.5, 0.6) is 0 Å². The highest BCUT2D eigenvalue weighted by atomic mass is 19.1. The van der Waals surface area contributed by atoms with Gasteiger partial charge in [0.25, 0.3) is 0 Å². The number of hydrogen-bond donors (Lipinski definition) is 1. The fraction of sp³-hybridized carbons (Fsp3) is 0.368. The van der Waals surface area contributed by atoms with Crippen LogP contribution in [0.1, 0.15) is 37.0 Å². The van der Waals surface area contributed by atoms with Crippen molar-refractivity contribution in [2.75, 3.05) is 0 Å². The molecule has 3 rings (SSSR count). The maximum absolute atomic E-state index is 13.9. The summed E-state index contributed by atoms with van der Waals surface area (Å²) in [5.74, 6) is -0.131. The van der Waals surface area contributed by atoms with Gasteiger partial charge in [-0.2, -0.15) is 0 Å². The van der Waals surface area contributed by atoms with Crippen LogP contribution in [0.3, 0.4) is 0 Å². The zero-order valence-corrected chi connectivity index (χ0v) is 12.7. The normalized spacial score (nSPS) is 13.7. The van der Waals surface area contributed by atoms with E-state index >= 15 is 0 Å². The van der Waals surface area contributed by atoms with Gasteiger partial charge in [0.15, 0.2) is 0 Å². The molecule has 0 heterocycles. The molecule has 0 spiro atoms. The van der Waals surface area contributed by atoms with Crippen molar-refractivity contribution in [1.29, 1.82) is 0 Å². The van der Waals surface area contributed by atoms with Gasteiger partial charge in [0.05, 0.1) is 0 Å². The van der Waals surface area contributed by atoms with E-state index in [9.17, 15) is 4.39 Å². The van der Waals surface area contributed by atoms with Gasteiger partial charge in [-0.15, -0.1) is 0 Å². The SMILES string of the molecule is CC(C)NCc1cc(-c2ccc3c(c2)CCC3)ccc1F. The van der Waals surface area contributed by atoms with Crippen molar-refractivity contribution < 1.29 is 4.39 Å².